The highest BCUT2D eigenvalue weighted by molar-refractivity contribution is 5.98. The van der Waals surface area contributed by atoms with Crippen LogP contribution in [0.3, 0.4) is 0 Å². The zero-order valence-corrected chi connectivity index (χ0v) is 9.93. The van der Waals surface area contributed by atoms with Gasteiger partial charge in [-0.3, -0.25) is 4.79 Å². The van der Waals surface area contributed by atoms with E-state index in [-0.39, 0.29) is 11.8 Å². The van der Waals surface area contributed by atoms with E-state index in [1.807, 2.05) is 17.0 Å². The minimum Gasteiger partial charge on any atom is -0.448 e. The van der Waals surface area contributed by atoms with E-state index in [0.29, 0.717) is 12.1 Å². The molecule has 92 valence electrons. The second kappa shape index (κ2) is 4.22. The lowest BCUT2D eigenvalue weighted by atomic mass is 9.99. The number of nitrogen functional groups attached to an aromatic ring is 1. The van der Waals surface area contributed by atoms with Crippen LogP contribution in [0.15, 0.2) is 41.0 Å². The summed E-state index contributed by atoms with van der Waals surface area (Å²) in [6.45, 7) is 1.36. The number of carbonyl (C=O) groups is 1. The standard InChI is InChI=1S/C14H14N2O2/c15-13-12(6-8-18-13)14(17)16-7-5-10-3-1-2-4-11(10)9-16/h1-4,6,8H,5,7,9,15H2. The molecule has 1 aliphatic rings. The van der Waals surface area contributed by atoms with Crippen molar-refractivity contribution in [3.8, 4) is 0 Å². The summed E-state index contributed by atoms with van der Waals surface area (Å²) in [5.74, 6) is 0.134. The lowest BCUT2D eigenvalue weighted by Crippen LogP contribution is -2.36. The van der Waals surface area contributed by atoms with Crippen LogP contribution in [0.1, 0.15) is 21.5 Å². The Balaban J connectivity index is 1.84. The molecule has 4 heteroatoms. The molecule has 1 aromatic carbocycles. The molecule has 0 atom stereocenters. The van der Waals surface area contributed by atoms with Crippen LogP contribution in [0, 0.1) is 0 Å². The molecule has 1 amide bonds. The minimum absolute atomic E-state index is 0.0595. The molecule has 1 aliphatic heterocycles. The van der Waals surface area contributed by atoms with Gasteiger partial charge in [0.05, 0.1) is 6.26 Å². The molecule has 0 saturated carbocycles. The highest BCUT2D eigenvalue weighted by atomic mass is 16.3. The van der Waals surface area contributed by atoms with Crippen molar-refractivity contribution in [2.75, 3.05) is 12.3 Å². The molecule has 2 N–H and O–H groups in total. The van der Waals surface area contributed by atoms with Gasteiger partial charge in [-0.2, -0.15) is 0 Å². The summed E-state index contributed by atoms with van der Waals surface area (Å²) in [6, 6.07) is 9.83. The molecule has 1 aromatic heterocycles. The predicted molar refractivity (Wildman–Crippen MR) is 68.0 cm³/mol. The van der Waals surface area contributed by atoms with Crippen LogP contribution < -0.4 is 5.73 Å². The van der Waals surface area contributed by atoms with Gasteiger partial charge in [0.25, 0.3) is 5.91 Å². The fourth-order valence-corrected chi connectivity index (χ4v) is 2.34. The molecule has 4 nitrogen and oxygen atoms in total. The number of rotatable bonds is 1. The zero-order valence-electron chi connectivity index (χ0n) is 9.93. The van der Waals surface area contributed by atoms with E-state index in [9.17, 15) is 4.79 Å². The van der Waals surface area contributed by atoms with Gasteiger partial charge in [-0.15, -0.1) is 0 Å². The highest BCUT2D eigenvalue weighted by Crippen LogP contribution is 2.22. The molecular weight excluding hydrogens is 228 g/mol. The van der Waals surface area contributed by atoms with Crippen molar-refractivity contribution in [3.63, 3.8) is 0 Å². The number of nitrogens with two attached hydrogens (primary N) is 1. The van der Waals surface area contributed by atoms with Crippen molar-refractivity contribution < 1.29 is 9.21 Å². The van der Waals surface area contributed by atoms with E-state index in [0.717, 1.165) is 13.0 Å². The number of anilines is 1. The average Bonchev–Trinajstić information content (AvgIpc) is 2.83. The van der Waals surface area contributed by atoms with Gasteiger partial charge in [0.2, 0.25) is 5.88 Å². The first-order chi connectivity index (χ1) is 8.75. The van der Waals surface area contributed by atoms with Gasteiger partial charge in [0.1, 0.15) is 5.56 Å². The third-order valence-electron chi connectivity index (χ3n) is 3.34. The Hall–Kier alpha value is -2.23. The Labute approximate surface area is 105 Å². The maximum atomic E-state index is 12.3. The van der Waals surface area contributed by atoms with Gasteiger partial charge in [0, 0.05) is 13.1 Å². The maximum absolute atomic E-state index is 12.3. The van der Waals surface area contributed by atoms with Gasteiger partial charge in [0.15, 0.2) is 0 Å². The normalized spacial score (nSPS) is 14.3. The number of hydrogen-bond donors (Lipinski definition) is 1. The van der Waals surface area contributed by atoms with Gasteiger partial charge >= 0.3 is 0 Å². The molecule has 0 spiro atoms. The summed E-state index contributed by atoms with van der Waals surface area (Å²) in [5.41, 5.74) is 8.61. The van der Waals surface area contributed by atoms with Crippen LogP contribution in [0.4, 0.5) is 5.88 Å². The Bertz CT molecular complexity index is 589. The zero-order chi connectivity index (χ0) is 12.5. The number of hydrogen-bond acceptors (Lipinski definition) is 3. The first-order valence-corrected chi connectivity index (χ1v) is 5.95. The number of nitrogens with zero attached hydrogens (tertiary/aromatic N) is 1. The molecule has 0 bridgehead atoms. The summed E-state index contributed by atoms with van der Waals surface area (Å²) < 4.78 is 4.98. The van der Waals surface area contributed by atoms with Crippen molar-refractivity contribution in [3.05, 3.63) is 53.3 Å². The summed E-state index contributed by atoms with van der Waals surface area (Å²) in [5, 5.41) is 0. The van der Waals surface area contributed by atoms with Crippen molar-refractivity contribution >= 4 is 11.8 Å². The van der Waals surface area contributed by atoms with Gasteiger partial charge < -0.3 is 15.1 Å². The fraction of sp³-hybridized carbons (Fsp3) is 0.214. The van der Waals surface area contributed by atoms with Crippen molar-refractivity contribution in [2.24, 2.45) is 0 Å². The van der Waals surface area contributed by atoms with Gasteiger partial charge in [-0.25, -0.2) is 0 Å². The van der Waals surface area contributed by atoms with E-state index < -0.39 is 0 Å². The van der Waals surface area contributed by atoms with Crippen LogP contribution >= 0.6 is 0 Å². The molecule has 2 heterocycles. The molecule has 3 rings (SSSR count). The average molecular weight is 242 g/mol. The van der Waals surface area contributed by atoms with Crippen molar-refractivity contribution in [2.45, 2.75) is 13.0 Å². The van der Waals surface area contributed by atoms with Crippen LogP contribution in [0.25, 0.3) is 0 Å². The molecular formula is C14H14N2O2. The Morgan fingerprint density at radius 3 is 2.72 bits per heavy atom. The molecule has 2 aromatic rings. The minimum atomic E-state index is -0.0595. The predicted octanol–water partition coefficient (Wildman–Crippen LogP) is 2.06. The quantitative estimate of drug-likeness (QED) is 0.832. The molecule has 0 fully saturated rings. The number of furan rings is 1. The van der Waals surface area contributed by atoms with Crippen molar-refractivity contribution in [1.82, 2.24) is 4.90 Å². The van der Waals surface area contributed by atoms with E-state index in [4.69, 9.17) is 10.2 Å². The van der Waals surface area contributed by atoms with Gasteiger partial charge in [-0.05, 0) is 23.6 Å². The van der Waals surface area contributed by atoms with Crippen LogP contribution in [0.5, 0.6) is 0 Å². The van der Waals surface area contributed by atoms with Crippen LogP contribution in [-0.2, 0) is 13.0 Å². The monoisotopic (exact) mass is 242 g/mol. The fourth-order valence-electron chi connectivity index (χ4n) is 2.34. The lowest BCUT2D eigenvalue weighted by molar-refractivity contribution is 0.0735. The Kier molecular flexibility index (Phi) is 2.55. The second-order valence-electron chi connectivity index (χ2n) is 4.44. The summed E-state index contributed by atoms with van der Waals surface area (Å²) >= 11 is 0. The number of benzene rings is 1. The van der Waals surface area contributed by atoms with E-state index in [1.54, 1.807) is 6.07 Å². The van der Waals surface area contributed by atoms with Crippen LogP contribution in [-0.4, -0.2) is 17.4 Å². The lowest BCUT2D eigenvalue weighted by Gasteiger charge is -2.28. The van der Waals surface area contributed by atoms with E-state index in [1.165, 1.54) is 17.4 Å². The second-order valence-corrected chi connectivity index (χ2v) is 4.44. The Morgan fingerprint density at radius 1 is 1.22 bits per heavy atom. The summed E-state index contributed by atoms with van der Waals surface area (Å²) in [7, 11) is 0. The van der Waals surface area contributed by atoms with Crippen LogP contribution in [0.2, 0.25) is 0 Å². The largest absolute Gasteiger partial charge is 0.448 e. The highest BCUT2D eigenvalue weighted by Gasteiger charge is 2.23. The molecule has 0 radical (unpaired) electrons. The molecule has 0 saturated heterocycles. The summed E-state index contributed by atoms with van der Waals surface area (Å²) in [4.78, 5) is 14.1. The number of fused-ring (bicyclic) bond motifs is 1. The first kappa shape index (κ1) is 10.9. The summed E-state index contributed by atoms with van der Waals surface area (Å²) in [6.07, 6.45) is 2.33. The molecule has 18 heavy (non-hydrogen) atoms. The smallest absolute Gasteiger partial charge is 0.259 e. The third kappa shape index (κ3) is 1.76. The molecule has 0 unspecified atom stereocenters. The van der Waals surface area contributed by atoms with Crippen molar-refractivity contribution in [1.29, 1.82) is 0 Å². The Morgan fingerprint density at radius 2 is 2.00 bits per heavy atom. The number of amides is 1. The topological polar surface area (TPSA) is 59.5 Å². The number of carbonyl (C=O) groups excluding carboxylic acids is 1. The van der Waals surface area contributed by atoms with Gasteiger partial charge in [-0.1, -0.05) is 24.3 Å². The first-order valence-electron chi connectivity index (χ1n) is 5.95. The SMILES string of the molecule is Nc1occc1C(=O)N1CCc2ccccc2C1. The van der Waals surface area contributed by atoms with E-state index >= 15 is 0 Å². The molecule has 0 aliphatic carbocycles. The maximum Gasteiger partial charge on any atom is 0.259 e. The van der Waals surface area contributed by atoms with E-state index in [2.05, 4.69) is 12.1 Å². The third-order valence-corrected chi connectivity index (χ3v) is 3.34.